The molecule has 3 heterocycles. The third-order valence-electron chi connectivity index (χ3n) is 5.02. The van der Waals surface area contributed by atoms with Gasteiger partial charge in [0.1, 0.15) is 28.4 Å². The van der Waals surface area contributed by atoms with Crippen molar-refractivity contribution in [2.75, 3.05) is 7.11 Å². The van der Waals surface area contributed by atoms with Crippen molar-refractivity contribution in [1.82, 2.24) is 29.5 Å². The van der Waals surface area contributed by atoms with E-state index in [0.29, 0.717) is 44.6 Å². The molecule has 0 amide bonds. The molecule has 0 aliphatic heterocycles. The van der Waals surface area contributed by atoms with Crippen molar-refractivity contribution in [2.24, 2.45) is 0 Å². The van der Waals surface area contributed by atoms with E-state index in [0.717, 1.165) is 16.1 Å². The number of thioether (sulfide) groups is 1. The Labute approximate surface area is 205 Å². The molecular formula is C24H23ClN6O2S. The van der Waals surface area contributed by atoms with Crippen LogP contribution in [0, 0.1) is 6.92 Å². The van der Waals surface area contributed by atoms with Gasteiger partial charge in [-0.3, -0.25) is 9.36 Å². The number of fused-ring (bicyclic) bond motifs is 2. The van der Waals surface area contributed by atoms with Gasteiger partial charge in [-0.15, -0.1) is 0 Å². The zero-order valence-electron chi connectivity index (χ0n) is 19.2. The third kappa shape index (κ3) is 4.36. The fourth-order valence-corrected chi connectivity index (χ4v) is 4.67. The average molecular weight is 495 g/mol. The standard InChI is InChI=1S/C22H17ClN6O2S.C2H6/c1-12-6-7-16(31-2)15(8-12)29-17(28-14-5-3-4-13(23)18(14)22(29)30)9-32-21-19-20(25-10-24-19)26-11-27-21;1-2/h3-8,10-11H,9H2,1-2H3,(H,24,25,26,27);1-2H3. The molecule has 10 heteroatoms. The van der Waals surface area contributed by atoms with Crippen LogP contribution in [-0.4, -0.2) is 36.6 Å². The van der Waals surface area contributed by atoms with Gasteiger partial charge in [-0.1, -0.05) is 49.3 Å². The summed E-state index contributed by atoms with van der Waals surface area (Å²) in [5.74, 6) is 1.49. The van der Waals surface area contributed by atoms with Crippen molar-refractivity contribution in [3.63, 3.8) is 0 Å². The van der Waals surface area contributed by atoms with Crippen LogP contribution in [-0.2, 0) is 5.75 Å². The van der Waals surface area contributed by atoms with Gasteiger partial charge in [-0.25, -0.2) is 19.9 Å². The summed E-state index contributed by atoms with van der Waals surface area (Å²) >= 11 is 7.82. The van der Waals surface area contributed by atoms with E-state index in [1.54, 1.807) is 36.2 Å². The average Bonchev–Trinajstić information content (AvgIpc) is 3.33. The van der Waals surface area contributed by atoms with Gasteiger partial charge in [-0.05, 0) is 36.8 Å². The van der Waals surface area contributed by atoms with Crippen LogP contribution in [0.1, 0.15) is 25.2 Å². The molecule has 0 aliphatic carbocycles. The lowest BCUT2D eigenvalue weighted by atomic mass is 10.2. The largest absolute Gasteiger partial charge is 0.495 e. The molecule has 0 saturated carbocycles. The third-order valence-corrected chi connectivity index (χ3v) is 6.32. The number of H-pyrrole nitrogens is 1. The van der Waals surface area contributed by atoms with Gasteiger partial charge in [0.2, 0.25) is 0 Å². The zero-order chi connectivity index (χ0) is 24.2. The molecule has 0 saturated heterocycles. The molecule has 0 spiro atoms. The lowest BCUT2D eigenvalue weighted by Crippen LogP contribution is -2.24. The number of nitrogens with one attached hydrogen (secondary N) is 1. The van der Waals surface area contributed by atoms with Crippen LogP contribution in [0.5, 0.6) is 5.75 Å². The number of benzene rings is 2. The van der Waals surface area contributed by atoms with Crippen LogP contribution in [0.2, 0.25) is 5.02 Å². The molecule has 34 heavy (non-hydrogen) atoms. The van der Waals surface area contributed by atoms with Crippen LogP contribution in [0.25, 0.3) is 27.8 Å². The summed E-state index contributed by atoms with van der Waals surface area (Å²) in [6.07, 6.45) is 3.04. The monoisotopic (exact) mass is 494 g/mol. The molecular weight excluding hydrogens is 472 g/mol. The second kappa shape index (κ2) is 10.2. The number of rotatable bonds is 5. The summed E-state index contributed by atoms with van der Waals surface area (Å²) in [5.41, 5.74) is 3.20. The Hall–Kier alpha value is -3.43. The summed E-state index contributed by atoms with van der Waals surface area (Å²) in [6, 6.07) is 10.9. The first kappa shape index (κ1) is 23.7. The van der Waals surface area contributed by atoms with Crippen LogP contribution in [0.15, 0.2) is 58.9 Å². The number of ether oxygens (including phenoxy) is 1. The first-order valence-corrected chi connectivity index (χ1v) is 12.0. The minimum atomic E-state index is -0.255. The maximum Gasteiger partial charge on any atom is 0.267 e. The van der Waals surface area contributed by atoms with Gasteiger partial charge in [0.25, 0.3) is 5.56 Å². The molecule has 0 atom stereocenters. The highest BCUT2D eigenvalue weighted by atomic mass is 35.5. The van der Waals surface area contributed by atoms with Crippen LogP contribution < -0.4 is 10.3 Å². The lowest BCUT2D eigenvalue weighted by molar-refractivity contribution is 0.412. The number of aromatic nitrogens is 6. The van der Waals surface area contributed by atoms with Crippen molar-refractivity contribution >= 4 is 45.4 Å². The van der Waals surface area contributed by atoms with Gasteiger partial charge < -0.3 is 9.72 Å². The molecule has 0 unspecified atom stereocenters. The number of aromatic amines is 1. The zero-order valence-corrected chi connectivity index (χ0v) is 20.7. The molecule has 8 nitrogen and oxygen atoms in total. The molecule has 5 aromatic rings. The van der Waals surface area contributed by atoms with Crippen molar-refractivity contribution in [1.29, 1.82) is 0 Å². The van der Waals surface area contributed by atoms with Crippen molar-refractivity contribution in [3.8, 4) is 11.4 Å². The number of nitrogens with zero attached hydrogens (tertiary/aromatic N) is 5. The predicted molar refractivity (Wildman–Crippen MR) is 136 cm³/mol. The van der Waals surface area contributed by atoms with Crippen LogP contribution >= 0.6 is 23.4 Å². The van der Waals surface area contributed by atoms with Crippen LogP contribution in [0.4, 0.5) is 0 Å². The Kier molecular flexibility index (Phi) is 7.14. The summed E-state index contributed by atoms with van der Waals surface area (Å²) in [5, 5.41) is 1.44. The number of hydrogen-bond acceptors (Lipinski definition) is 7. The molecule has 0 radical (unpaired) electrons. The molecule has 2 aromatic carbocycles. The Morgan fingerprint density at radius 2 is 1.97 bits per heavy atom. The van der Waals surface area contributed by atoms with Gasteiger partial charge >= 0.3 is 0 Å². The highest BCUT2D eigenvalue weighted by Gasteiger charge is 2.19. The van der Waals surface area contributed by atoms with Gasteiger partial charge in [0.15, 0.2) is 5.65 Å². The molecule has 5 rings (SSSR count). The second-order valence-electron chi connectivity index (χ2n) is 7.05. The SMILES string of the molecule is CC.COc1ccc(C)cc1-n1c(CSc2ncnc3nc[nH]c23)nc2cccc(Cl)c2c1=O. The summed E-state index contributed by atoms with van der Waals surface area (Å²) in [4.78, 5) is 34.2. The second-order valence-corrected chi connectivity index (χ2v) is 8.42. The number of aryl methyl sites for hydroxylation is 1. The van der Waals surface area contributed by atoms with Gasteiger partial charge in [0, 0.05) is 0 Å². The Balaban J connectivity index is 0.00000133. The normalized spacial score (nSPS) is 10.9. The smallest absolute Gasteiger partial charge is 0.267 e. The van der Waals surface area contributed by atoms with E-state index in [-0.39, 0.29) is 5.56 Å². The van der Waals surface area contributed by atoms with Crippen LogP contribution in [0.3, 0.4) is 0 Å². The first-order valence-electron chi connectivity index (χ1n) is 10.7. The highest BCUT2D eigenvalue weighted by molar-refractivity contribution is 7.98. The number of imidazole rings is 1. The Bertz CT molecular complexity index is 1530. The number of halogens is 1. The fraction of sp³-hybridized carbons (Fsp3) is 0.208. The fourth-order valence-electron chi connectivity index (χ4n) is 3.54. The van der Waals surface area contributed by atoms with E-state index in [9.17, 15) is 4.79 Å². The number of methoxy groups -OCH3 is 1. The van der Waals surface area contributed by atoms with E-state index in [4.69, 9.17) is 21.3 Å². The maximum absolute atomic E-state index is 13.7. The van der Waals surface area contributed by atoms with Gasteiger partial charge in [-0.2, -0.15) is 0 Å². The first-order chi connectivity index (χ1) is 16.6. The van der Waals surface area contributed by atoms with E-state index >= 15 is 0 Å². The molecule has 1 N–H and O–H groups in total. The highest BCUT2D eigenvalue weighted by Crippen LogP contribution is 2.30. The minimum absolute atomic E-state index is 0.255. The maximum atomic E-state index is 13.7. The van der Waals surface area contributed by atoms with Crippen molar-refractivity contribution in [3.05, 3.63) is 75.8 Å². The summed E-state index contributed by atoms with van der Waals surface area (Å²) in [6.45, 7) is 5.96. The molecule has 0 fully saturated rings. The van der Waals surface area contributed by atoms with E-state index in [1.165, 1.54) is 18.1 Å². The van der Waals surface area contributed by atoms with Crippen molar-refractivity contribution < 1.29 is 4.74 Å². The summed E-state index contributed by atoms with van der Waals surface area (Å²) in [7, 11) is 1.57. The van der Waals surface area contributed by atoms with Crippen molar-refractivity contribution in [2.45, 2.75) is 31.6 Å². The summed E-state index contributed by atoms with van der Waals surface area (Å²) < 4.78 is 7.12. The molecule has 3 aromatic heterocycles. The predicted octanol–water partition coefficient (Wildman–Crippen LogP) is 5.34. The van der Waals surface area contributed by atoms with E-state index in [1.807, 2.05) is 39.0 Å². The van der Waals surface area contributed by atoms with E-state index in [2.05, 4.69) is 19.9 Å². The molecule has 174 valence electrons. The lowest BCUT2D eigenvalue weighted by Gasteiger charge is -2.17. The molecule has 0 bridgehead atoms. The minimum Gasteiger partial charge on any atom is -0.495 e. The number of hydrogen-bond donors (Lipinski definition) is 1. The van der Waals surface area contributed by atoms with E-state index < -0.39 is 0 Å². The quantitative estimate of drug-likeness (QED) is 0.260. The Morgan fingerprint density at radius 3 is 2.76 bits per heavy atom. The Morgan fingerprint density at radius 1 is 1.15 bits per heavy atom. The topological polar surface area (TPSA) is 98.6 Å². The van der Waals surface area contributed by atoms with Gasteiger partial charge in [0.05, 0.1) is 40.8 Å². The molecule has 0 aliphatic rings.